The van der Waals surface area contributed by atoms with Crippen molar-refractivity contribution in [3.63, 3.8) is 0 Å². The van der Waals surface area contributed by atoms with Crippen LogP contribution in [0.25, 0.3) is 10.9 Å². The molecule has 94 valence electrons. The van der Waals surface area contributed by atoms with Gasteiger partial charge in [-0.05, 0) is 12.1 Å². The zero-order chi connectivity index (χ0) is 13.1. The van der Waals surface area contributed by atoms with Gasteiger partial charge in [0.2, 0.25) is 0 Å². The van der Waals surface area contributed by atoms with E-state index in [1.54, 1.807) is 0 Å². The predicted molar refractivity (Wildman–Crippen MR) is 81.0 cm³/mol. The van der Waals surface area contributed by atoms with Crippen LogP contribution in [0.5, 0.6) is 0 Å². The molecule has 0 fully saturated rings. The zero-order valence-electron chi connectivity index (χ0n) is 10.6. The summed E-state index contributed by atoms with van der Waals surface area (Å²) >= 11 is 5.02. The second kappa shape index (κ2) is 5.31. The van der Waals surface area contributed by atoms with Crippen molar-refractivity contribution >= 4 is 33.8 Å². The largest absolute Gasteiger partial charge is 0.393 e. The van der Waals surface area contributed by atoms with E-state index in [9.17, 15) is 0 Å². The standard InChI is InChI=1S/C14H17N3S/c1-10(14(15)18)9-17(2)13-7-8-16-12-6-4-3-5-11(12)13/h3-8,10H,9H2,1-2H3,(H2,15,18). The van der Waals surface area contributed by atoms with Gasteiger partial charge in [0.05, 0.1) is 10.5 Å². The summed E-state index contributed by atoms with van der Waals surface area (Å²) in [7, 11) is 2.05. The van der Waals surface area contributed by atoms with E-state index in [-0.39, 0.29) is 5.92 Å². The number of pyridine rings is 1. The Morgan fingerprint density at radius 3 is 2.83 bits per heavy atom. The second-order valence-electron chi connectivity index (χ2n) is 4.53. The zero-order valence-corrected chi connectivity index (χ0v) is 11.4. The van der Waals surface area contributed by atoms with Gasteiger partial charge in [0.15, 0.2) is 0 Å². The van der Waals surface area contributed by atoms with Crippen LogP contribution in [-0.4, -0.2) is 23.6 Å². The van der Waals surface area contributed by atoms with Crippen molar-refractivity contribution in [2.75, 3.05) is 18.5 Å². The molecule has 1 unspecified atom stereocenters. The molecule has 0 saturated carbocycles. The highest BCUT2D eigenvalue weighted by atomic mass is 32.1. The summed E-state index contributed by atoms with van der Waals surface area (Å²) in [6.45, 7) is 2.85. The van der Waals surface area contributed by atoms with Gasteiger partial charge < -0.3 is 10.6 Å². The van der Waals surface area contributed by atoms with Gasteiger partial charge >= 0.3 is 0 Å². The fraction of sp³-hybridized carbons (Fsp3) is 0.286. The number of aromatic nitrogens is 1. The third-order valence-corrected chi connectivity index (χ3v) is 3.47. The highest BCUT2D eigenvalue weighted by Gasteiger charge is 2.11. The number of nitrogens with zero attached hydrogens (tertiary/aromatic N) is 2. The van der Waals surface area contributed by atoms with Crippen LogP contribution in [0.1, 0.15) is 6.92 Å². The number of rotatable bonds is 4. The summed E-state index contributed by atoms with van der Waals surface area (Å²) in [5.74, 6) is 0.192. The van der Waals surface area contributed by atoms with Gasteiger partial charge in [-0.1, -0.05) is 37.3 Å². The molecule has 0 amide bonds. The van der Waals surface area contributed by atoms with Gasteiger partial charge in [0, 0.05) is 36.8 Å². The molecule has 1 heterocycles. The molecule has 0 spiro atoms. The van der Waals surface area contributed by atoms with Crippen LogP contribution < -0.4 is 10.6 Å². The average molecular weight is 259 g/mol. The molecular weight excluding hydrogens is 242 g/mol. The second-order valence-corrected chi connectivity index (χ2v) is 5.00. The smallest absolute Gasteiger partial charge is 0.0773 e. The van der Waals surface area contributed by atoms with Gasteiger partial charge in [0.1, 0.15) is 0 Å². The minimum Gasteiger partial charge on any atom is -0.393 e. The summed E-state index contributed by atoms with van der Waals surface area (Å²) in [5.41, 5.74) is 7.83. The summed E-state index contributed by atoms with van der Waals surface area (Å²) in [5, 5.41) is 1.15. The predicted octanol–water partition coefficient (Wildman–Crippen LogP) is 2.59. The summed E-state index contributed by atoms with van der Waals surface area (Å²) < 4.78 is 0. The van der Waals surface area contributed by atoms with Crippen molar-refractivity contribution in [3.8, 4) is 0 Å². The monoisotopic (exact) mass is 259 g/mol. The molecule has 2 aromatic rings. The van der Waals surface area contributed by atoms with E-state index in [2.05, 4.69) is 23.0 Å². The molecule has 0 saturated heterocycles. The Morgan fingerprint density at radius 1 is 1.39 bits per heavy atom. The van der Waals surface area contributed by atoms with E-state index >= 15 is 0 Å². The molecule has 4 heteroatoms. The summed E-state index contributed by atoms with van der Waals surface area (Å²) in [4.78, 5) is 7.09. The minimum absolute atomic E-state index is 0.192. The summed E-state index contributed by atoms with van der Waals surface area (Å²) in [6, 6.07) is 10.1. The SMILES string of the molecule is CC(CN(C)c1ccnc2ccccc12)C(N)=S. The molecular formula is C14H17N3S. The normalized spacial score (nSPS) is 12.3. The number of benzene rings is 1. The van der Waals surface area contributed by atoms with Crippen LogP contribution in [0, 0.1) is 5.92 Å². The third kappa shape index (κ3) is 2.59. The maximum atomic E-state index is 5.67. The van der Waals surface area contributed by atoms with Gasteiger partial charge in [-0.15, -0.1) is 0 Å². The first-order valence-corrected chi connectivity index (χ1v) is 6.34. The Kier molecular flexibility index (Phi) is 3.77. The van der Waals surface area contributed by atoms with Crippen molar-refractivity contribution in [1.29, 1.82) is 0 Å². The topological polar surface area (TPSA) is 42.2 Å². The van der Waals surface area contributed by atoms with Gasteiger partial charge in [-0.2, -0.15) is 0 Å². The lowest BCUT2D eigenvalue weighted by molar-refractivity contribution is 0.744. The molecule has 0 radical (unpaired) electrons. The lowest BCUT2D eigenvalue weighted by atomic mass is 10.1. The number of thiocarbonyl (C=S) groups is 1. The van der Waals surface area contributed by atoms with Gasteiger partial charge in [-0.3, -0.25) is 4.98 Å². The fourth-order valence-corrected chi connectivity index (χ4v) is 2.09. The first-order valence-electron chi connectivity index (χ1n) is 5.94. The van der Waals surface area contributed by atoms with Crippen LogP contribution in [0.15, 0.2) is 36.5 Å². The Balaban J connectivity index is 2.33. The molecule has 18 heavy (non-hydrogen) atoms. The van der Waals surface area contributed by atoms with E-state index in [4.69, 9.17) is 18.0 Å². The first kappa shape index (κ1) is 12.8. The highest BCUT2D eigenvalue weighted by molar-refractivity contribution is 7.80. The minimum atomic E-state index is 0.192. The Hall–Kier alpha value is -1.68. The van der Waals surface area contributed by atoms with E-state index < -0.39 is 0 Å². The number of para-hydroxylation sites is 1. The Morgan fingerprint density at radius 2 is 2.11 bits per heavy atom. The number of hydrogen-bond donors (Lipinski definition) is 1. The lowest BCUT2D eigenvalue weighted by Gasteiger charge is -2.24. The van der Waals surface area contributed by atoms with E-state index in [1.807, 2.05) is 37.4 Å². The molecule has 1 atom stereocenters. The highest BCUT2D eigenvalue weighted by Crippen LogP contribution is 2.24. The third-order valence-electron chi connectivity index (χ3n) is 3.07. The van der Waals surface area contributed by atoms with Crippen LogP contribution in [-0.2, 0) is 0 Å². The van der Waals surface area contributed by atoms with Crippen molar-refractivity contribution in [3.05, 3.63) is 36.5 Å². The molecule has 1 aromatic carbocycles. The van der Waals surface area contributed by atoms with Crippen molar-refractivity contribution in [2.45, 2.75) is 6.92 Å². The molecule has 3 nitrogen and oxygen atoms in total. The molecule has 2 N–H and O–H groups in total. The average Bonchev–Trinajstić information content (AvgIpc) is 2.37. The quantitative estimate of drug-likeness (QED) is 0.857. The lowest BCUT2D eigenvalue weighted by Crippen LogP contribution is -2.31. The molecule has 0 aliphatic carbocycles. The molecule has 0 aliphatic heterocycles. The molecule has 1 aromatic heterocycles. The van der Waals surface area contributed by atoms with E-state index in [1.165, 1.54) is 0 Å². The fourth-order valence-electron chi connectivity index (χ4n) is 2.01. The molecule has 0 aliphatic rings. The van der Waals surface area contributed by atoms with Crippen LogP contribution in [0.3, 0.4) is 0 Å². The van der Waals surface area contributed by atoms with Crippen molar-refractivity contribution in [1.82, 2.24) is 4.98 Å². The molecule has 0 bridgehead atoms. The number of nitrogens with two attached hydrogens (primary N) is 1. The van der Waals surface area contributed by atoms with E-state index in [0.29, 0.717) is 4.99 Å². The van der Waals surface area contributed by atoms with E-state index in [0.717, 1.165) is 23.1 Å². The number of fused-ring (bicyclic) bond motifs is 1. The van der Waals surface area contributed by atoms with Crippen LogP contribution in [0.2, 0.25) is 0 Å². The molecule has 2 rings (SSSR count). The van der Waals surface area contributed by atoms with Gasteiger partial charge in [-0.25, -0.2) is 0 Å². The maximum Gasteiger partial charge on any atom is 0.0773 e. The van der Waals surface area contributed by atoms with Crippen molar-refractivity contribution < 1.29 is 0 Å². The number of anilines is 1. The van der Waals surface area contributed by atoms with Gasteiger partial charge in [0.25, 0.3) is 0 Å². The van der Waals surface area contributed by atoms with Crippen LogP contribution in [0.4, 0.5) is 5.69 Å². The van der Waals surface area contributed by atoms with Crippen molar-refractivity contribution in [2.24, 2.45) is 11.7 Å². The Labute approximate surface area is 113 Å². The maximum absolute atomic E-state index is 5.67. The first-order chi connectivity index (χ1) is 8.59. The number of hydrogen-bond acceptors (Lipinski definition) is 3. The summed E-state index contributed by atoms with van der Waals surface area (Å²) in [6.07, 6.45) is 1.83. The Bertz CT molecular complexity index is 562. The van der Waals surface area contributed by atoms with Crippen LogP contribution >= 0.6 is 12.2 Å².